The molecule has 0 amide bonds. The van der Waals surface area contributed by atoms with Crippen LogP contribution < -0.4 is 0 Å². The number of nitrogens with zero attached hydrogens (tertiary/aromatic N) is 1. The summed E-state index contributed by atoms with van der Waals surface area (Å²) in [4.78, 5) is 2.17. The van der Waals surface area contributed by atoms with E-state index in [2.05, 4.69) is 4.90 Å². The van der Waals surface area contributed by atoms with Crippen LogP contribution >= 0.6 is 11.8 Å². The molecule has 1 atom stereocenters. The Bertz CT molecular complexity index is 78.8. The first-order valence-corrected chi connectivity index (χ1v) is 3.82. The highest BCUT2D eigenvalue weighted by Gasteiger charge is 2.19. The van der Waals surface area contributed by atoms with Gasteiger partial charge in [0.05, 0.1) is 12.0 Å². The molecule has 1 fully saturated rings. The van der Waals surface area contributed by atoms with Gasteiger partial charge in [-0.1, -0.05) is 0 Å². The summed E-state index contributed by atoms with van der Waals surface area (Å²) >= 11 is 1.83. The van der Waals surface area contributed by atoms with E-state index in [1.54, 1.807) is 0 Å². The third kappa shape index (κ3) is 1.16. The molecule has 2 nitrogen and oxygen atoms in total. The summed E-state index contributed by atoms with van der Waals surface area (Å²) in [6.07, 6.45) is 0. The molecule has 48 valence electrons. The summed E-state index contributed by atoms with van der Waals surface area (Å²) in [6.45, 7) is 1.41. The second kappa shape index (κ2) is 2.71. The monoisotopic (exact) mass is 133 g/mol. The van der Waals surface area contributed by atoms with Crippen LogP contribution in [0.5, 0.6) is 0 Å². The van der Waals surface area contributed by atoms with Gasteiger partial charge in [0.15, 0.2) is 0 Å². The minimum atomic E-state index is 0.293. The molecule has 0 aromatic carbocycles. The minimum Gasteiger partial charge on any atom is -0.394 e. The molecule has 0 aromatic heterocycles. The molecule has 0 aliphatic carbocycles. The Morgan fingerprint density at radius 3 is 2.88 bits per heavy atom. The van der Waals surface area contributed by atoms with Gasteiger partial charge in [-0.3, -0.25) is 4.90 Å². The fraction of sp³-hybridized carbons (Fsp3) is 1.00. The highest BCUT2D eigenvalue weighted by atomic mass is 32.2. The zero-order valence-corrected chi connectivity index (χ0v) is 5.82. The van der Waals surface area contributed by atoms with Gasteiger partial charge in [0.2, 0.25) is 0 Å². The minimum absolute atomic E-state index is 0.293. The van der Waals surface area contributed by atoms with Crippen LogP contribution in [-0.4, -0.2) is 41.3 Å². The highest BCUT2D eigenvalue weighted by molar-refractivity contribution is 8.00. The molecule has 1 heterocycles. The maximum atomic E-state index is 8.67. The lowest BCUT2D eigenvalue weighted by molar-refractivity contribution is 0.216. The molecular formula is C5H11NOS. The summed E-state index contributed by atoms with van der Waals surface area (Å²) in [6, 6.07) is 0. The van der Waals surface area contributed by atoms with E-state index in [0.717, 1.165) is 6.54 Å². The molecule has 0 bridgehead atoms. The van der Waals surface area contributed by atoms with E-state index < -0.39 is 0 Å². The van der Waals surface area contributed by atoms with Gasteiger partial charge >= 0.3 is 0 Å². The molecule has 0 aromatic rings. The normalized spacial score (nSPS) is 31.5. The van der Waals surface area contributed by atoms with E-state index in [-0.39, 0.29) is 0 Å². The van der Waals surface area contributed by atoms with E-state index in [4.69, 9.17) is 5.11 Å². The second-order valence-electron chi connectivity index (χ2n) is 1.99. The van der Waals surface area contributed by atoms with Crippen molar-refractivity contribution in [3.63, 3.8) is 0 Å². The van der Waals surface area contributed by atoms with Crippen LogP contribution in [-0.2, 0) is 0 Å². The van der Waals surface area contributed by atoms with E-state index in [9.17, 15) is 0 Å². The third-order valence-electron chi connectivity index (χ3n) is 1.40. The number of likely N-dealkylation sites (N-methyl/N-ethyl adjacent to an activating group) is 1. The average Bonchev–Trinajstić information content (AvgIpc) is 2.14. The van der Waals surface area contributed by atoms with Gasteiger partial charge in [-0.05, 0) is 7.05 Å². The van der Waals surface area contributed by atoms with Crippen LogP contribution in [0.2, 0.25) is 0 Å². The zero-order chi connectivity index (χ0) is 5.98. The van der Waals surface area contributed by atoms with Crippen molar-refractivity contribution in [2.45, 2.75) is 5.37 Å². The summed E-state index contributed by atoms with van der Waals surface area (Å²) in [5.74, 6) is 1.17. The quantitative estimate of drug-likeness (QED) is 0.544. The lowest BCUT2D eigenvalue weighted by atomic mass is 10.5. The molecule has 3 heteroatoms. The first-order chi connectivity index (χ1) is 3.84. The second-order valence-corrected chi connectivity index (χ2v) is 3.27. The number of aliphatic hydroxyl groups is 1. The Morgan fingerprint density at radius 1 is 1.88 bits per heavy atom. The molecular weight excluding hydrogens is 122 g/mol. The Morgan fingerprint density at radius 2 is 2.62 bits per heavy atom. The van der Waals surface area contributed by atoms with Crippen LogP contribution in [0.4, 0.5) is 0 Å². The van der Waals surface area contributed by atoms with Crippen molar-refractivity contribution in [2.24, 2.45) is 0 Å². The summed E-state index contributed by atoms with van der Waals surface area (Å²) in [5.41, 5.74) is 0. The standard InChI is InChI=1S/C5H11NOS/c1-6-2-3-8-5(6)4-7/h5,7H,2-4H2,1H3/t5-/m0/s1. The van der Waals surface area contributed by atoms with Crippen molar-refractivity contribution >= 4 is 11.8 Å². The molecule has 8 heavy (non-hydrogen) atoms. The van der Waals surface area contributed by atoms with Crippen LogP contribution in [0.3, 0.4) is 0 Å². The fourth-order valence-corrected chi connectivity index (χ4v) is 1.93. The molecule has 0 saturated carbocycles. The largest absolute Gasteiger partial charge is 0.394 e. The predicted octanol–water partition coefficient (Wildman–Crippen LogP) is -0.0166. The molecule has 0 radical (unpaired) electrons. The van der Waals surface area contributed by atoms with Gasteiger partial charge in [-0.2, -0.15) is 0 Å². The number of thioether (sulfide) groups is 1. The maximum Gasteiger partial charge on any atom is 0.0789 e. The molecule has 1 N–H and O–H groups in total. The van der Waals surface area contributed by atoms with Crippen molar-refractivity contribution < 1.29 is 5.11 Å². The SMILES string of the molecule is CN1CCS[C@H]1CO. The van der Waals surface area contributed by atoms with Gasteiger partial charge in [-0.25, -0.2) is 0 Å². The number of rotatable bonds is 1. The number of aliphatic hydroxyl groups excluding tert-OH is 1. The number of hydrogen-bond acceptors (Lipinski definition) is 3. The van der Waals surface area contributed by atoms with Crippen molar-refractivity contribution in [2.75, 3.05) is 26.0 Å². The lowest BCUT2D eigenvalue weighted by Crippen LogP contribution is -2.26. The fourth-order valence-electron chi connectivity index (χ4n) is 0.796. The van der Waals surface area contributed by atoms with Crippen molar-refractivity contribution in [3.8, 4) is 0 Å². The summed E-state index contributed by atoms with van der Waals surface area (Å²) in [7, 11) is 2.04. The molecule has 0 unspecified atom stereocenters. The van der Waals surface area contributed by atoms with Crippen LogP contribution in [0.1, 0.15) is 0 Å². The lowest BCUT2D eigenvalue weighted by Gasteiger charge is -2.14. The van der Waals surface area contributed by atoms with E-state index in [0.29, 0.717) is 12.0 Å². The molecule has 1 aliphatic rings. The summed E-state index contributed by atoms with van der Waals surface area (Å²) in [5, 5.41) is 9.04. The van der Waals surface area contributed by atoms with E-state index in [1.807, 2.05) is 18.8 Å². The van der Waals surface area contributed by atoms with Crippen molar-refractivity contribution in [3.05, 3.63) is 0 Å². The Hall–Kier alpha value is 0.270. The number of hydrogen-bond donors (Lipinski definition) is 1. The molecule has 1 rings (SSSR count). The smallest absolute Gasteiger partial charge is 0.0789 e. The van der Waals surface area contributed by atoms with Gasteiger partial charge < -0.3 is 5.11 Å². The van der Waals surface area contributed by atoms with Crippen LogP contribution in [0.25, 0.3) is 0 Å². The topological polar surface area (TPSA) is 23.5 Å². The van der Waals surface area contributed by atoms with Gasteiger partial charge in [0.25, 0.3) is 0 Å². The van der Waals surface area contributed by atoms with Gasteiger partial charge in [0.1, 0.15) is 0 Å². The zero-order valence-electron chi connectivity index (χ0n) is 5.00. The highest BCUT2D eigenvalue weighted by Crippen LogP contribution is 2.20. The van der Waals surface area contributed by atoms with Crippen LogP contribution in [0, 0.1) is 0 Å². The average molecular weight is 133 g/mol. The summed E-state index contributed by atoms with van der Waals surface area (Å²) < 4.78 is 0. The first kappa shape index (κ1) is 6.39. The van der Waals surface area contributed by atoms with E-state index >= 15 is 0 Å². The third-order valence-corrected chi connectivity index (χ3v) is 2.71. The predicted molar refractivity (Wildman–Crippen MR) is 36.0 cm³/mol. The molecule has 1 aliphatic heterocycles. The van der Waals surface area contributed by atoms with E-state index in [1.165, 1.54) is 5.75 Å². The first-order valence-electron chi connectivity index (χ1n) is 2.77. The van der Waals surface area contributed by atoms with Crippen molar-refractivity contribution in [1.82, 2.24) is 4.90 Å². The van der Waals surface area contributed by atoms with Gasteiger partial charge in [-0.15, -0.1) is 11.8 Å². The Labute approximate surface area is 53.9 Å². The maximum absolute atomic E-state index is 8.67. The van der Waals surface area contributed by atoms with Gasteiger partial charge in [0, 0.05) is 12.3 Å². The van der Waals surface area contributed by atoms with Crippen LogP contribution in [0.15, 0.2) is 0 Å². The van der Waals surface area contributed by atoms with Crippen molar-refractivity contribution in [1.29, 1.82) is 0 Å². The Balaban J connectivity index is 2.30. The molecule has 1 saturated heterocycles. The Kier molecular flexibility index (Phi) is 2.16. The molecule has 0 spiro atoms.